The molecule has 1 unspecified atom stereocenters. The van der Waals surface area contributed by atoms with Gasteiger partial charge in [0.25, 0.3) is 11.1 Å². The zero-order valence-electron chi connectivity index (χ0n) is 15.2. The highest BCUT2D eigenvalue weighted by Crippen LogP contribution is 2.33. The molecule has 2 aromatic rings. The van der Waals surface area contributed by atoms with Gasteiger partial charge in [-0.1, -0.05) is 0 Å². The van der Waals surface area contributed by atoms with Crippen LogP contribution in [0.4, 0.5) is 0 Å². The van der Waals surface area contributed by atoms with Crippen LogP contribution in [0.15, 0.2) is 34.1 Å². The Hall–Kier alpha value is -2.19. The van der Waals surface area contributed by atoms with Crippen LogP contribution in [0.25, 0.3) is 11.1 Å². The second kappa shape index (κ2) is 8.01. The third kappa shape index (κ3) is 4.50. The summed E-state index contributed by atoms with van der Waals surface area (Å²) in [6.07, 6.45) is 7.26. The molecule has 0 saturated heterocycles. The molecule has 1 aliphatic rings. The summed E-state index contributed by atoms with van der Waals surface area (Å²) in [6, 6.07) is 3.24. The average Bonchev–Trinajstić information content (AvgIpc) is 3.36. The Kier molecular flexibility index (Phi) is 6.20. The topological polar surface area (TPSA) is 102 Å². The number of hydrogen-bond acceptors (Lipinski definition) is 4. The van der Waals surface area contributed by atoms with Crippen molar-refractivity contribution in [3.63, 3.8) is 0 Å². The molecular formula is C18H24N2O5S. The Morgan fingerprint density at radius 3 is 2.50 bits per heavy atom. The quantitative estimate of drug-likeness (QED) is 0.740. The van der Waals surface area contributed by atoms with E-state index in [0.717, 1.165) is 24.0 Å². The van der Waals surface area contributed by atoms with Crippen LogP contribution in [0.1, 0.15) is 18.4 Å². The first-order valence-electron chi connectivity index (χ1n) is 8.20. The van der Waals surface area contributed by atoms with Crippen molar-refractivity contribution in [3.8, 4) is 16.9 Å². The Bertz CT molecular complexity index is 917. The maximum Gasteiger partial charge on any atom is 0.255 e. The van der Waals surface area contributed by atoms with Crippen LogP contribution in [0.5, 0.6) is 5.75 Å². The summed E-state index contributed by atoms with van der Waals surface area (Å²) in [6.45, 7) is 2.34. The zero-order chi connectivity index (χ0) is 18.1. The van der Waals surface area contributed by atoms with Gasteiger partial charge >= 0.3 is 0 Å². The second-order valence-corrected chi connectivity index (χ2v) is 8.05. The van der Waals surface area contributed by atoms with Gasteiger partial charge < -0.3 is 19.3 Å². The van der Waals surface area contributed by atoms with Gasteiger partial charge in [0, 0.05) is 59.3 Å². The van der Waals surface area contributed by atoms with E-state index in [0.29, 0.717) is 23.8 Å². The highest BCUT2D eigenvalue weighted by molar-refractivity contribution is 7.83. The van der Waals surface area contributed by atoms with Gasteiger partial charge in [0.1, 0.15) is 11.6 Å². The van der Waals surface area contributed by atoms with Crippen molar-refractivity contribution < 1.29 is 14.4 Å². The fourth-order valence-electron chi connectivity index (χ4n) is 2.71. The molecule has 8 heteroatoms. The molecule has 1 saturated carbocycles. The van der Waals surface area contributed by atoms with Crippen molar-refractivity contribution in [3.05, 3.63) is 50.8 Å². The van der Waals surface area contributed by atoms with Crippen LogP contribution in [0.3, 0.4) is 0 Å². The Balaban J connectivity index is 0.00000243. The van der Waals surface area contributed by atoms with Gasteiger partial charge in [-0.05, 0) is 31.7 Å². The van der Waals surface area contributed by atoms with Crippen molar-refractivity contribution >= 4 is 10.8 Å². The summed E-state index contributed by atoms with van der Waals surface area (Å²) < 4.78 is 20.4. The molecule has 0 amide bonds. The zero-order valence-corrected chi connectivity index (χ0v) is 16.0. The first-order chi connectivity index (χ1) is 11.8. The molecule has 2 N–H and O–H groups in total. The van der Waals surface area contributed by atoms with Crippen LogP contribution in [-0.2, 0) is 23.7 Å². The van der Waals surface area contributed by atoms with E-state index in [1.54, 1.807) is 38.7 Å². The average molecular weight is 380 g/mol. The third-order valence-electron chi connectivity index (χ3n) is 4.25. The summed E-state index contributed by atoms with van der Waals surface area (Å²) in [5.41, 5.74) is 1.83. The molecular weight excluding hydrogens is 356 g/mol. The molecule has 1 fully saturated rings. The first kappa shape index (κ1) is 20.1. The van der Waals surface area contributed by atoms with Gasteiger partial charge in [-0.15, -0.1) is 0 Å². The molecule has 1 aliphatic carbocycles. The number of rotatable bonds is 6. The molecule has 7 nitrogen and oxygen atoms in total. The summed E-state index contributed by atoms with van der Waals surface area (Å²) in [5.74, 6) is 1.19. The maximum absolute atomic E-state index is 12.3. The fraction of sp³-hybridized carbons (Fsp3) is 0.444. The predicted octanol–water partition coefficient (Wildman–Crippen LogP) is 0.823. The molecule has 1 atom stereocenters. The van der Waals surface area contributed by atoms with Crippen molar-refractivity contribution in [1.82, 2.24) is 9.13 Å². The van der Waals surface area contributed by atoms with Gasteiger partial charge in [-0.25, -0.2) is 0 Å². The standard InChI is InChI=1S/C18H22N2O4S.H2O/c1-12-6-14(8-19(2)18(12)22)15-9-20(11-25(3)23)17(21)7-16(15)24-10-13-4-5-13;/h6-9,13H,4-5,10-11H2,1-3H3;1H2. The summed E-state index contributed by atoms with van der Waals surface area (Å²) in [7, 11) is 0.550. The molecule has 0 radical (unpaired) electrons. The lowest BCUT2D eigenvalue weighted by Gasteiger charge is -2.15. The fourth-order valence-corrected chi connectivity index (χ4v) is 3.30. The molecule has 0 spiro atoms. The van der Waals surface area contributed by atoms with Crippen LogP contribution >= 0.6 is 0 Å². The van der Waals surface area contributed by atoms with Gasteiger partial charge in [-0.3, -0.25) is 13.8 Å². The highest BCUT2D eigenvalue weighted by Gasteiger charge is 2.23. The Morgan fingerprint density at radius 1 is 1.23 bits per heavy atom. The monoisotopic (exact) mass is 380 g/mol. The minimum absolute atomic E-state index is 0. The number of aryl methyl sites for hydroxylation is 2. The minimum atomic E-state index is -1.14. The van der Waals surface area contributed by atoms with E-state index in [1.165, 1.54) is 15.2 Å². The van der Waals surface area contributed by atoms with Crippen LogP contribution in [0.2, 0.25) is 0 Å². The second-order valence-electron chi connectivity index (χ2n) is 6.64. The SMILES string of the molecule is Cc1cc(-c2cn(CS(C)=O)c(=O)cc2OCC2CC2)cn(C)c1=O.O. The predicted molar refractivity (Wildman–Crippen MR) is 102 cm³/mol. The van der Waals surface area contributed by atoms with Crippen molar-refractivity contribution in [2.75, 3.05) is 12.9 Å². The first-order valence-corrected chi connectivity index (χ1v) is 9.93. The number of ether oxygens (including phenoxy) is 1. The lowest BCUT2D eigenvalue weighted by molar-refractivity contribution is 0.300. The van der Waals surface area contributed by atoms with Gasteiger partial charge in [0.05, 0.1) is 6.61 Å². The van der Waals surface area contributed by atoms with Crippen LogP contribution in [0, 0.1) is 12.8 Å². The van der Waals surface area contributed by atoms with Crippen molar-refractivity contribution in [1.29, 1.82) is 0 Å². The number of hydrogen-bond donors (Lipinski definition) is 0. The minimum Gasteiger partial charge on any atom is -0.492 e. The normalized spacial score (nSPS) is 14.6. The summed E-state index contributed by atoms with van der Waals surface area (Å²) in [4.78, 5) is 24.3. The molecule has 142 valence electrons. The van der Waals surface area contributed by atoms with E-state index >= 15 is 0 Å². The van der Waals surface area contributed by atoms with Crippen LogP contribution in [-0.4, -0.2) is 31.7 Å². The maximum atomic E-state index is 12.3. The number of pyridine rings is 2. The molecule has 0 aromatic carbocycles. The van der Waals surface area contributed by atoms with Gasteiger partial charge in [0.2, 0.25) is 0 Å². The summed E-state index contributed by atoms with van der Waals surface area (Å²) in [5, 5.41) is 0. The van der Waals surface area contributed by atoms with E-state index in [2.05, 4.69) is 0 Å². The van der Waals surface area contributed by atoms with Gasteiger partial charge in [0.15, 0.2) is 0 Å². The van der Waals surface area contributed by atoms with Gasteiger partial charge in [-0.2, -0.15) is 0 Å². The Labute approximate surface area is 154 Å². The van der Waals surface area contributed by atoms with Crippen molar-refractivity contribution in [2.24, 2.45) is 13.0 Å². The molecule has 2 heterocycles. The number of aromatic nitrogens is 2. The summed E-state index contributed by atoms with van der Waals surface area (Å²) >= 11 is 0. The molecule has 0 aliphatic heterocycles. The Morgan fingerprint density at radius 2 is 1.92 bits per heavy atom. The highest BCUT2D eigenvalue weighted by atomic mass is 32.2. The van der Waals surface area contributed by atoms with Crippen molar-refractivity contribution in [2.45, 2.75) is 25.6 Å². The molecule has 0 bridgehead atoms. The van der Waals surface area contributed by atoms with E-state index in [4.69, 9.17) is 4.74 Å². The largest absolute Gasteiger partial charge is 0.492 e. The molecule has 3 rings (SSSR count). The van der Waals surface area contributed by atoms with Crippen LogP contribution < -0.4 is 15.9 Å². The smallest absolute Gasteiger partial charge is 0.255 e. The van der Waals surface area contributed by atoms with E-state index in [1.807, 2.05) is 0 Å². The third-order valence-corrected chi connectivity index (χ3v) is 4.90. The van der Waals surface area contributed by atoms with E-state index in [9.17, 15) is 13.8 Å². The lowest BCUT2D eigenvalue weighted by atomic mass is 10.1. The number of nitrogens with zero attached hydrogens (tertiary/aromatic N) is 2. The van der Waals surface area contributed by atoms with E-state index < -0.39 is 10.8 Å². The molecule has 26 heavy (non-hydrogen) atoms. The molecule has 2 aromatic heterocycles. The lowest BCUT2D eigenvalue weighted by Crippen LogP contribution is -2.22. The van der Waals surface area contributed by atoms with E-state index in [-0.39, 0.29) is 22.5 Å².